The van der Waals surface area contributed by atoms with E-state index in [1.54, 1.807) is 0 Å². The zero-order valence-corrected chi connectivity index (χ0v) is 62.1. The fraction of sp³-hybridized carbons (Fsp3) is 0.711. The summed E-state index contributed by atoms with van der Waals surface area (Å²) in [4.78, 5) is 38.0. The number of hydrogen-bond acceptors (Lipinski definition) is 6. The summed E-state index contributed by atoms with van der Waals surface area (Å²) in [5.41, 5.74) is 0. The van der Waals surface area contributed by atoms with Crippen LogP contribution in [-0.4, -0.2) is 74.3 Å². The molecule has 0 aromatic carbocycles. The molecule has 0 fully saturated rings. The zero-order valence-electron chi connectivity index (χ0n) is 61.2. The van der Waals surface area contributed by atoms with Gasteiger partial charge in [-0.1, -0.05) is 322 Å². The number of esters is 1. The Morgan fingerprint density at radius 1 is 0.387 bits per heavy atom. The Hall–Kier alpha value is -3.85. The van der Waals surface area contributed by atoms with Crippen LogP contribution < -0.4 is 5.32 Å². The van der Waals surface area contributed by atoms with Crippen LogP contribution in [0.15, 0.2) is 134 Å². The lowest BCUT2D eigenvalue weighted by molar-refractivity contribution is -0.870. The number of carbonyl (C=O) groups is 2. The number of amides is 1. The molecule has 3 unspecified atom stereocenters. The third-order valence-electron chi connectivity index (χ3n) is 16.6. The number of phosphoric acid groups is 1. The molecule has 2 N–H and O–H groups in total. The van der Waals surface area contributed by atoms with E-state index in [0.717, 1.165) is 135 Å². The number of unbranched alkanes of at least 4 members (excludes halogenated alkanes) is 33. The largest absolute Gasteiger partial charge is 0.472 e. The normalized spacial score (nSPS) is 14.2. The summed E-state index contributed by atoms with van der Waals surface area (Å²) in [5, 5.41) is 3.07. The molecule has 0 aliphatic rings. The molecular formula is C83H146N2O7P+. The van der Waals surface area contributed by atoms with E-state index in [4.69, 9.17) is 13.8 Å². The molecule has 0 rings (SSSR count). The van der Waals surface area contributed by atoms with Crippen molar-refractivity contribution >= 4 is 19.7 Å². The molecule has 0 aliphatic heterocycles. The number of hydrogen-bond donors (Lipinski definition) is 2. The van der Waals surface area contributed by atoms with Gasteiger partial charge in [0.05, 0.1) is 33.8 Å². The van der Waals surface area contributed by atoms with Gasteiger partial charge in [0.15, 0.2) is 0 Å². The number of carbonyl (C=O) groups excluding carboxylic acids is 2. The Bertz CT molecular complexity index is 2050. The van der Waals surface area contributed by atoms with Crippen LogP contribution in [0.2, 0.25) is 0 Å². The molecule has 0 saturated heterocycles. The fourth-order valence-corrected chi connectivity index (χ4v) is 11.4. The number of allylic oxidation sites excluding steroid dienone is 21. The van der Waals surface area contributed by atoms with Crippen LogP contribution in [-0.2, 0) is 27.9 Å². The van der Waals surface area contributed by atoms with Crippen molar-refractivity contribution in [2.24, 2.45) is 0 Å². The summed E-state index contributed by atoms with van der Waals surface area (Å²) < 4.78 is 30.9. The van der Waals surface area contributed by atoms with E-state index in [1.165, 1.54) is 161 Å². The Balaban J connectivity index is 5.06. The summed E-state index contributed by atoms with van der Waals surface area (Å²) in [5.74, 6) is -0.517. The van der Waals surface area contributed by atoms with Crippen LogP contribution in [0.25, 0.3) is 0 Å². The number of likely N-dealkylation sites (N-methyl/N-ethyl adjacent to an activating group) is 1. The van der Waals surface area contributed by atoms with E-state index in [0.29, 0.717) is 17.4 Å². The van der Waals surface area contributed by atoms with Crippen molar-refractivity contribution in [3.8, 4) is 0 Å². The van der Waals surface area contributed by atoms with Crippen LogP contribution in [0.4, 0.5) is 0 Å². The minimum atomic E-state index is -4.47. The third-order valence-corrected chi connectivity index (χ3v) is 17.6. The first kappa shape index (κ1) is 89.2. The highest BCUT2D eigenvalue weighted by Gasteiger charge is 2.30. The Labute approximate surface area is 575 Å². The number of rotatable bonds is 69. The van der Waals surface area contributed by atoms with Gasteiger partial charge in [-0.15, -0.1) is 0 Å². The summed E-state index contributed by atoms with van der Waals surface area (Å²) >= 11 is 0. The summed E-state index contributed by atoms with van der Waals surface area (Å²) in [6.07, 6.45) is 102. The SMILES string of the molecule is CC/C=C\C/C=C\C/C=C\C/C=C\C/C=C\C/C=C\CCCCCCCCCCC(=O)OC(/C=C/CCCCCCCCCCCCC)C(COP(=O)(O)OCC[N+](C)(C)C)NC(=O)CCCCCCCCCCCCC/C=C\C/C=C\C/C=C\C/C=C\CCCCC. The van der Waals surface area contributed by atoms with Crippen molar-refractivity contribution in [1.29, 1.82) is 0 Å². The van der Waals surface area contributed by atoms with Gasteiger partial charge < -0.3 is 19.4 Å². The molecule has 0 aromatic rings. The lowest BCUT2D eigenvalue weighted by atomic mass is 10.0. The molecule has 1 amide bonds. The Kier molecular flexibility index (Phi) is 68.0. The first-order chi connectivity index (χ1) is 45.4. The smallest absolute Gasteiger partial charge is 0.456 e. The number of nitrogens with zero attached hydrogens (tertiary/aromatic N) is 1. The average molecular weight is 1320 g/mol. The fourth-order valence-electron chi connectivity index (χ4n) is 10.7. The van der Waals surface area contributed by atoms with Crippen LogP contribution in [0, 0.1) is 0 Å². The second kappa shape index (κ2) is 70.9. The lowest BCUT2D eigenvalue weighted by Gasteiger charge is -2.27. The second-order valence-electron chi connectivity index (χ2n) is 26.8. The van der Waals surface area contributed by atoms with E-state index in [2.05, 4.69) is 148 Å². The highest BCUT2D eigenvalue weighted by Crippen LogP contribution is 2.43. The Morgan fingerprint density at radius 2 is 0.688 bits per heavy atom. The zero-order chi connectivity index (χ0) is 67.8. The van der Waals surface area contributed by atoms with E-state index < -0.39 is 20.0 Å². The lowest BCUT2D eigenvalue weighted by Crippen LogP contribution is -2.47. The molecule has 10 heteroatoms. The first-order valence-electron chi connectivity index (χ1n) is 38.5. The summed E-state index contributed by atoms with van der Waals surface area (Å²) in [6.45, 7) is 6.88. The number of ether oxygens (including phenoxy) is 1. The van der Waals surface area contributed by atoms with Gasteiger partial charge in [0.1, 0.15) is 19.3 Å². The van der Waals surface area contributed by atoms with E-state index in [9.17, 15) is 19.0 Å². The topological polar surface area (TPSA) is 111 Å². The predicted octanol–water partition coefficient (Wildman–Crippen LogP) is 25.1. The van der Waals surface area contributed by atoms with Gasteiger partial charge in [0.2, 0.25) is 5.91 Å². The highest BCUT2D eigenvalue weighted by molar-refractivity contribution is 7.47. The highest BCUT2D eigenvalue weighted by atomic mass is 31.2. The molecule has 9 nitrogen and oxygen atoms in total. The van der Waals surface area contributed by atoms with Crippen LogP contribution in [0.1, 0.15) is 329 Å². The van der Waals surface area contributed by atoms with Crippen LogP contribution >= 0.6 is 7.82 Å². The second-order valence-corrected chi connectivity index (χ2v) is 28.2. The maximum absolute atomic E-state index is 13.7. The maximum Gasteiger partial charge on any atom is 0.472 e. The van der Waals surface area contributed by atoms with Crippen molar-refractivity contribution in [2.45, 2.75) is 341 Å². The molecule has 0 spiro atoms. The molecule has 0 bridgehead atoms. The van der Waals surface area contributed by atoms with Crippen molar-refractivity contribution in [3.05, 3.63) is 134 Å². The monoisotopic (exact) mass is 1310 g/mol. The van der Waals surface area contributed by atoms with Gasteiger partial charge in [-0.2, -0.15) is 0 Å². The van der Waals surface area contributed by atoms with Gasteiger partial charge in [-0.25, -0.2) is 4.57 Å². The van der Waals surface area contributed by atoms with Gasteiger partial charge in [0.25, 0.3) is 0 Å². The summed E-state index contributed by atoms with van der Waals surface area (Å²) in [7, 11) is 1.48. The van der Waals surface area contributed by atoms with Crippen LogP contribution in [0.5, 0.6) is 0 Å². The van der Waals surface area contributed by atoms with E-state index >= 15 is 0 Å². The van der Waals surface area contributed by atoms with E-state index in [-0.39, 0.29) is 31.5 Å². The first-order valence-corrected chi connectivity index (χ1v) is 40.0. The maximum atomic E-state index is 13.7. The van der Waals surface area contributed by atoms with Gasteiger partial charge >= 0.3 is 13.8 Å². The predicted molar refractivity (Wildman–Crippen MR) is 406 cm³/mol. The molecule has 3 atom stereocenters. The third kappa shape index (κ3) is 72.3. The average Bonchev–Trinajstić information content (AvgIpc) is 2.15. The van der Waals surface area contributed by atoms with E-state index in [1.807, 2.05) is 33.3 Å². The van der Waals surface area contributed by atoms with Crippen molar-refractivity contribution in [3.63, 3.8) is 0 Å². The molecule has 0 aromatic heterocycles. The molecule has 0 saturated carbocycles. The standard InChI is InChI=1S/C83H145N2O7P/c1-7-10-13-16-19-22-25-28-30-32-34-36-38-40-42-44-46-48-50-52-54-57-60-63-66-69-72-75-82(86)84-80(79-91-93(88,89)90-78-77-85(4,5)6)81(74-71-68-65-62-59-56-27-24-21-18-15-12-9-3)92-83(87)76-73-70-67-64-61-58-55-53-51-49-47-45-43-41-39-37-35-33-31-29-26-23-20-17-14-11-8-2/h11,14,19-20,22-23,28-31,34-37,40-43,47,49,71,74,80-81H,7-10,12-13,15-18,21,24-27,32-33,38-39,44-46,48,50-70,72-73,75-79H2,1-6H3,(H-,84,86,88,89)/p+1/b14-11-,22-19-,23-20-,30-28-,31-29-,36-34-,37-35-,42-40-,43-41-,49-47-,74-71+. The quantitative estimate of drug-likeness (QED) is 0.0205. The minimum absolute atomic E-state index is 0.0322. The number of phosphoric ester groups is 1. The Morgan fingerprint density at radius 3 is 1.05 bits per heavy atom. The molecule has 0 aliphatic carbocycles. The number of quaternary nitrogens is 1. The van der Waals surface area contributed by atoms with Crippen LogP contribution in [0.3, 0.4) is 0 Å². The number of nitrogens with one attached hydrogen (secondary N) is 1. The van der Waals surface area contributed by atoms with Gasteiger partial charge in [0, 0.05) is 12.8 Å². The van der Waals surface area contributed by atoms with Gasteiger partial charge in [-0.05, 0) is 128 Å². The molecule has 0 heterocycles. The minimum Gasteiger partial charge on any atom is -0.456 e. The van der Waals surface area contributed by atoms with Gasteiger partial charge in [-0.3, -0.25) is 18.6 Å². The molecular weight excluding hydrogens is 1170 g/mol. The molecule has 93 heavy (non-hydrogen) atoms. The van der Waals surface area contributed by atoms with Crippen molar-refractivity contribution in [1.82, 2.24) is 5.32 Å². The summed E-state index contributed by atoms with van der Waals surface area (Å²) in [6, 6.07) is -0.865. The molecule has 534 valence electrons. The molecule has 0 radical (unpaired) electrons. The van der Waals surface area contributed by atoms with Crippen molar-refractivity contribution < 1.29 is 37.3 Å². The van der Waals surface area contributed by atoms with Crippen molar-refractivity contribution in [2.75, 3.05) is 40.9 Å².